The Bertz CT molecular complexity index is 694. The number of amides is 1. The number of pyridine rings is 1. The molecule has 27 heavy (non-hydrogen) atoms. The number of piperidine rings is 1. The van der Waals surface area contributed by atoms with Crippen LogP contribution >= 0.6 is 15.9 Å². The van der Waals surface area contributed by atoms with E-state index in [1.165, 1.54) is 6.07 Å². The molecule has 0 aliphatic carbocycles. The molecule has 2 fully saturated rings. The van der Waals surface area contributed by atoms with Crippen LogP contribution in [0.2, 0.25) is 0 Å². The molecule has 1 aromatic rings. The van der Waals surface area contributed by atoms with Crippen LogP contribution in [-0.4, -0.2) is 71.9 Å². The summed E-state index contributed by atoms with van der Waals surface area (Å²) in [5, 5.41) is 11.3. The predicted octanol–water partition coefficient (Wildman–Crippen LogP) is 2.52. The van der Waals surface area contributed by atoms with Crippen molar-refractivity contribution in [2.24, 2.45) is 5.92 Å². The summed E-state index contributed by atoms with van der Waals surface area (Å²) in [5.41, 5.74) is 0.0209. The first-order valence-electron chi connectivity index (χ1n) is 9.45. The summed E-state index contributed by atoms with van der Waals surface area (Å²) in [5.74, 6) is 1.00. The number of carbonyl (C=O) groups is 1. The summed E-state index contributed by atoms with van der Waals surface area (Å²) in [4.78, 5) is 34.1. The molecule has 2 saturated heterocycles. The van der Waals surface area contributed by atoms with Crippen LogP contribution in [0.1, 0.15) is 25.7 Å². The van der Waals surface area contributed by atoms with Crippen molar-refractivity contribution in [2.75, 3.05) is 51.2 Å². The molecule has 0 N–H and O–H groups in total. The number of hydrogen-bond acceptors (Lipinski definition) is 6. The van der Waals surface area contributed by atoms with Gasteiger partial charge in [-0.1, -0.05) is 0 Å². The van der Waals surface area contributed by atoms with E-state index in [-0.39, 0.29) is 16.5 Å². The Balaban J connectivity index is 1.55. The molecule has 0 spiro atoms. The van der Waals surface area contributed by atoms with Crippen LogP contribution in [0.3, 0.4) is 0 Å². The molecule has 3 heterocycles. The first kappa shape index (κ1) is 20.0. The molecule has 1 amide bonds. The number of rotatable bonds is 4. The Morgan fingerprint density at radius 1 is 1.26 bits per heavy atom. The molecule has 0 atom stereocenters. The lowest BCUT2D eigenvalue weighted by Gasteiger charge is -2.33. The van der Waals surface area contributed by atoms with Crippen LogP contribution < -0.4 is 4.90 Å². The molecule has 148 valence electrons. The molecule has 9 heteroatoms. The van der Waals surface area contributed by atoms with E-state index >= 15 is 0 Å². The van der Waals surface area contributed by atoms with Gasteiger partial charge in [0.1, 0.15) is 0 Å². The topological polar surface area (TPSA) is 82.8 Å². The minimum atomic E-state index is -0.390. The van der Waals surface area contributed by atoms with Crippen LogP contribution in [-0.2, 0) is 4.79 Å². The number of halogens is 1. The predicted molar refractivity (Wildman–Crippen MR) is 107 cm³/mol. The number of nitro groups is 1. The van der Waals surface area contributed by atoms with Crippen LogP contribution in [0, 0.1) is 16.0 Å². The summed E-state index contributed by atoms with van der Waals surface area (Å²) >= 11 is 3.24. The third-order valence-electron chi connectivity index (χ3n) is 5.46. The Morgan fingerprint density at radius 3 is 2.70 bits per heavy atom. The van der Waals surface area contributed by atoms with Crippen molar-refractivity contribution in [1.82, 2.24) is 14.8 Å². The molecule has 2 aliphatic heterocycles. The zero-order valence-corrected chi connectivity index (χ0v) is 17.2. The highest BCUT2D eigenvalue weighted by Gasteiger charge is 2.28. The molecule has 0 saturated carbocycles. The Labute approximate surface area is 167 Å². The highest BCUT2D eigenvalue weighted by Crippen LogP contribution is 2.32. The Hall–Kier alpha value is -1.74. The second-order valence-electron chi connectivity index (χ2n) is 7.43. The lowest BCUT2D eigenvalue weighted by Crippen LogP contribution is -2.39. The molecule has 3 rings (SSSR count). The average molecular weight is 440 g/mol. The van der Waals surface area contributed by atoms with E-state index in [4.69, 9.17) is 0 Å². The van der Waals surface area contributed by atoms with E-state index in [9.17, 15) is 14.9 Å². The number of likely N-dealkylation sites (N-methyl/N-ethyl adjacent to an activating group) is 1. The molecule has 8 nitrogen and oxygen atoms in total. The van der Waals surface area contributed by atoms with Gasteiger partial charge in [-0.2, -0.15) is 0 Å². The van der Waals surface area contributed by atoms with Gasteiger partial charge in [-0.05, 0) is 54.7 Å². The lowest BCUT2D eigenvalue weighted by atomic mass is 9.93. The molecule has 2 aliphatic rings. The van der Waals surface area contributed by atoms with Crippen molar-refractivity contribution in [2.45, 2.75) is 25.7 Å². The highest BCUT2D eigenvalue weighted by atomic mass is 79.9. The number of anilines is 1. The first-order valence-corrected chi connectivity index (χ1v) is 10.2. The summed E-state index contributed by atoms with van der Waals surface area (Å²) in [7, 11) is 2.10. The number of nitrogens with zero attached hydrogens (tertiary/aromatic N) is 5. The van der Waals surface area contributed by atoms with Gasteiger partial charge in [0.25, 0.3) is 0 Å². The number of carbonyl (C=O) groups excluding carboxylic acids is 1. The van der Waals surface area contributed by atoms with Gasteiger partial charge in [0, 0.05) is 55.9 Å². The van der Waals surface area contributed by atoms with E-state index < -0.39 is 0 Å². The fourth-order valence-electron chi connectivity index (χ4n) is 3.82. The zero-order valence-electron chi connectivity index (χ0n) is 15.6. The zero-order chi connectivity index (χ0) is 19.4. The fourth-order valence-corrected chi connectivity index (χ4v) is 4.14. The molecule has 0 bridgehead atoms. The molecule has 1 aromatic heterocycles. The van der Waals surface area contributed by atoms with Gasteiger partial charge in [-0.25, -0.2) is 4.98 Å². The quantitative estimate of drug-likeness (QED) is 0.529. The number of aromatic nitrogens is 1. The fraction of sp³-hybridized carbons (Fsp3) is 0.667. The van der Waals surface area contributed by atoms with Crippen molar-refractivity contribution < 1.29 is 9.72 Å². The SMILES string of the molecule is CN1CCCN(C(=O)CC2CCN(c3ncc(Br)cc3[N+](=O)[O-])CC2)CC1. The number of hydrogen-bond donors (Lipinski definition) is 0. The highest BCUT2D eigenvalue weighted by molar-refractivity contribution is 9.10. The molecule has 0 radical (unpaired) electrons. The van der Waals surface area contributed by atoms with Crippen LogP contribution in [0.4, 0.5) is 11.5 Å². The monoisotopic (exact) mass is 439 g/mol. The maximum atomic E-state index is 12.6. The van der Waals surface area contributed by atoms with Gasteiger partial charge in [-0.3, -0.25) is 14.9 Å². The van der Waals surface area contributed by atoms with Gasteiger partial charge >= 0.3 is 5.69 Å². The van der Waals surface area contributed by atoms with E-state index in [1.54, 1.807) is 6.20 Å². The second kappa shape index (κ2) is 8.97. The van der Waals surface area contributed by atoms with E-state index in [0.717, 1.165) is 45.4 Å². The maximum absolute atomic E-state index is 12.6. The first-order chi connectivity index (χ1) is 12.9. The average Bonchev–Trinajstić information content (AvgIpc) is 2.87. The van der Waals surface area contributed by atoms with E-state index in [1.807, 2.05) is 9.80 Å². The third-order valence-corrected chi connectivity index (χ3v) is 5.89. The van der Waals surface area contributed by atoms with E-state index in [2.05, 4.69) is 32.9 Å². The van der Waals surface area contributed by atoms with Gasteiger partial charge in [-0.15, -0.1) is 0 Å². The van der Waals surface area contributed by atoms with Crippen LogP contribution in [0.15, 0.2) is 16.7 Å². The maximum Gasteiger partial charge on any atom is 0.312 e. The van der Waals surface area contributed by atoms with Crippen LogP contribution in [0.5, 0.6) is 0 Å². The smallest absolute Gasteiger partial charge is 0.312 e. The minimum Gasteiger partial charge on any atom is -0.351 e. The summed E-state index contributed by atoms with van der Waals surface area (Å²) in [6, 6.07) is 1.49. The van der Waals surface area contributed by atoms with Crippen molar-refractivity contribution in [1.29, 1.82) is 0 Å². The van der Waals surface area contributed by atoms with E-state index in [0.29, 0.717) is 35.7 Å². The molecular formula is C18H26BrN5O3. The van der Waals surface area contributed by atoms with Gasteiger partial charge in [0.2, 0.25) is 11.7 Å². The molecular weight excluding hydrogens is 414 g/mol. The third kappa shape index (κ3) is 5.16. The van der Waals surface area contributed by atoms with Gasteiger partial charge < -0.3 is 14.7 Å². The Kier molecular flexibility index (Phi) is 6.64. The lowest BCUT2D eigenvalue weighted by molar-refractivity contribution is -0.384. The van der Waals surface area contributed by atoms with Crippen molar-refractivity contribution in [3.8, 4) is 0 Å². The van der Waals surface area contributed by atoms with Gasteiger partial charge in [0.15, 0.2) is 0 Å². The van der Waals surface area contributed by atoms with Crippen molar-refractivity contribution in [3.63, 3.8) is 0 Å². The van der Waals surface area contributed by atoms with Crippen molar-refractivity contribution >= 4 is 33.3 Å². The van der Waals surface area contributed by atoms with Crippen LogP contribution in [0.25, 0.3) is 0 Å². The summed E-state index contributed by atoms with van der Waals surface area (Å²) < 4.78 is 0.599. The largest absolute Gasteiger partial charge is 0.351 e. The van der Waals surface area contributed by atoms with Gasteiger partial charge in [0.05, 0.1) is 4.92 Å². The normalized spacial score (nSPS) is 19.8. The standard InChI is InChI=1S/C18H26BrN5O3/c1-21-5-2-6-22(10-9-21)17(25)11-14-3-7-23(8-4-14)18-16(24(26)27)12-15(19)13-20-18/h12-14H,2-11H2,1H3. The Morgan fingerprint density at radius 2 is 2.00 bits per heavy atom. The summed E-state index contributed by atoms with van der Waals surface area (Å²) in [6.07, 6.45) is 4.91. The minimum absolute atomic E-state index is 0.0209. The second-order valence-corrected chi connectivity index (χ2v) is 8.34. The molecule has 0 aromatic carbocycles. The summed E-state index contributed by atoms with van der Waals surface area (Å²) in [6.45, 7) is 5.01. The van der Waals surface area contributed by atoms with Crippen molar-refractivity contribution in [3.05, 3.63) is 26.9 Å². The molecule has 0 unspecified atom stereocenters.